The van der Waals surface area contributed by atoms with Crippen molar-refractivity contribution in [1.29, 1.82) is 0 Å². The number of rotatable bonds is 1. The molecule has 0 bridgehead atoms. The summed E-state index contributed by atoms with van der Waals surface area (Å²) in [5.41, 5.74) is 3.02. The zero-order valence-electron chi connectivity index (χ0n) is 8.55. The minimum Gasteiger partial charge on any atom is -0.303 e. The molecule has 0 spiro atoms. The first-order valence-electron chi connectivity index (χ1n) is 5.39. The standard InChI is InChI=1S/C12H18O/c1-8-3-5-10(7-13)12-9(2)4-6-11(8)12/h7-8,10-11H,3-6H2,1-2H3/t8-,10+,11-/m1/s1. The summed E-state index contributed by atoms with van der Waals surface area (Å²) in [6.07, 6.45) is 6.03. The van der Waals surface area contributed by atoms with Crippen molar-refractivity contribution in [1.82, 2.24) is 0 Å². The van der Waals surface area contributed by atoms with Crippen LogP contribution in [-0.4, -0.2) is 6.29 Å². The average Bonchev–Trinajstić information content (AvgIpc) is 2.51. The molecule has 2 aliphatic rings. The molecule has 2 aliphatic carbocycles. The predicted molar refractivity (Wildman–Crippen MR) is 53.4 cm³/mol. The highest BCUT2D eigenvalue weighted by atomic mass is 16.1. The van der Waals surface area contributed by atoms with Gasteiger partial charge in [-0.15, -0.1) is 0 Å². The van der Waals surface area contributed by atoms with Crippen LogP contribution in [0.3, 0.4) is 0 Å². The van der Waals surface area contributed by atoms with Gasteiger partial charge in [0.2, 0.25) is 0 Å². The lowest BCUT2D eigenvalue weighted by Crippen LogP contribution is -2.24. The van der Waals surface area contributed by atoms with Gasteiger partial charge in [-0.3, -0.25) is 0 Å². The van der Waals surface area contributed by atoms with Crippen LogP contribution in [0.2, 0.25) is 0 Å². The van der Waals surface area contributed by atoms with Crippen LogP contribution >= 0.6 is 0 Å². The molecule has 1 heteroatoms. The first-order valence-corrected chi connectivity index (χ1v) is 5.39. The van der Waals surface area contributed by atoms with Crippen LogP contribution in [0.1, 0.15) is 39.5 Å². The second-order valence-electron chi connectivity index (χ2n) is 4.68. The zero-order chi connectivity index (χ0) is 9.42. The highest BCUT2D eigenvalue weighted by Crippen LogP contribution is 2.46. The lowest BCUT2D eigenvalue weighted by molar-refractivity contribution is -0.111. The molecule has 1 fully saturated rings. The molecular formula is C12H18O. The van der Waals surface area contributed by atoms with E-state index in [1.165, 1.54) is 36.7 Å². The van der Waals surface area contributed by atoms with Crippen molar-refractivity contribution in [3.63, 3.8) is 0 Å². The van der Waals surface area contributed by atoms with E-state index in [2.05, 4.69) is 13.8 Å². The maximum Gasteiger partial charge on any atom is 0.127 e. The van der Waals surface area contributed by atoms with Gasteiger partial charge < -0.3 is 4.79 Å². The molecule has 13 heavy (non-hydrogen) atoms. The highest BCUT2D eigenvalue weighted by molar-refractivity contribution is 5.61. The van der Waals surface area contributed by atoms with Gasteiger partial charge in [-0.25, -0.2) is 0 Å². The van der Waals surface area contributed by atoms with Crippen LogP contribution in [0, 0.1) is 17.8 Å². The van der Waals surface area contributed by atoms with E-state index < -0.39 is 0 Å². The molecule has 0 aliphatic heterocycles. The summed E-state index contributed by atoms with van der Waals surface area (Å²) < 4.78 is 0. The fraction of sp³-hybridized carbons (Fsp3) is 0.750. The SMILES string of the molecule is CC1=C2[C@H](C=O)CC[C@@H](C)[C@H]2CC1. The maximum atomic E-state index is 10.9. The first-order chi connectivity index (χ1) is 6.24. The number of hydrogen-bond acceptors (Lipinski definition) is 1. The quantitative estimate of drug-likeness (QED) is 0.445. The van der Waals surface area contributed by atoms with E-state index in [1.807, 2.05) is 0 Å². The third-order valence-electron chi connectivity index (χ3n) is 3.91. The number of carbonyl (C=O) groups excluding carboxylic acids is 1. The molecule has 0 N–H and O–H groups in total. The van der Waals surface area contributed by atoms with Crippen LogP contribution < -0.4 is 0 Å². The van der Waals surface area contributed by atoms with Gasteiger partial charge in [0.25, 0.3) is 0 Å². The minimum atomic E-state index is 0.267. The monoisotopic (exact) mass is 178 g/mol. The van der Waals surface area contributed by atoms with Crippen molar-refractivity contribution < 1.29 is 4.79 Å². The highest BCUT2D eigenvalue weighted by Gasteiger charge is 2.36. The zero-order valence-corrected chi connectivity index (χ0v) is 8.55. The van der Waals surface area contributed by atoms with E-state index in [1.54, 1.807) is 0 Å². The van der Waals surface area contributed by atoms with E-state index in [9.17, 15) is 4.79 Å². The van der Waals surface area contributed by atoms with Crippen molar-refractivity contribution in [2.75, 3.05) is 0 Å². The van der Waals surface area contributed by atoms with Gasteiger partial charge in [0.1, 0.15) is 6.29 Å². The molecule has 1 saturated carbocycles. The van der Waals surface area contributed by atoms with Crippen molar-refractivity contribution >= 4 is 6.29 Å². The van der Waals surface area contributed by atoms with E-state index >= 15 is 0 Å². The minimum absolute atomic E-state index is 0.267. The van der Waals surface area contributed by atoms with E-state index in [0.29, 0.717) is 0 Å². The van der Waals surface area contributed by atoms with Crippen LogP contribution in [0.4, 0.5) is 0 Å². The largest absolute Gasteiger partial charge is 0.303 e. The van der Waals surface area contributed by atoms with E-state index in [-0.39, 0.29) is 5.92 Å². The molecular weight excluding hydrogens is 160 g/mol. The molecule has 0 unspecified atom stereocenters. The molecule has 0 aromatic heterocycles. The Hall–Kier alpha value is -0.590. The molecule has 0 radical (unpaired) electrons. The molecule has 0 saturated heterocycles. The molecule has 0 aromatic carbocycles. The van der Waals surface area contributed by atoms with Crippen LogP contribution in [-0.2, 0) is 4.79 Å². The summed E-state index contributed by atoms with van der Waals surface area (Å²) >= 11 is 0. The Kier molecular flexibility index (Phi) is 2.27. The molecule has 0 heterocycles. The van der Waals surface area contributed by atoms with Crippen molar-refractivity contribution in [3.05, 3.63) is 11.1 Å². The number of hydrogen-bond donors (Lipinski definition) is 0. The summed E-state index contributed by atoms with van der Waals surface area (Å²) in [5.74, 6) is 1.82. The number of aldehydes is 1. The van der Waals surface area contributed by atoms with Crippen LogP contribution in [0.25, 0.3) is 0 Å². The molecule has 72 valence electrons. The summed E-state index contributed by atoms with van der Waals surface area (Å²) in [6.45, 7) is 4.55. The smallest absolute Gasteiger partial charge is 0.127 e. The summed E-state index contributed by atoms with van der Waals surface area (Å²) in [6, 6.07) is 0. The Morgan fingerprint density at radius 2 is 2.08 bits per heavy atom. The van der Waals surface area contributed by atoms with Gasteiger partial charge in [-0.05, 0) is 44.4 Å². The maximum absolute atomic E-state index is 10.9. The van der Waals surface area contributed by atoms with Gasteiger partial charge in [0.15, 0.2) is 0 Å². The number of carbonyl (C=O) groups is 1. The second-order valence-corrected chi connectivity index (χ2v) is 4.68. The molecule has 3 atom stereocenters. The first kappa shape index (κ1) is 8.98. The summed E-state index contributed by atoms with van der Waals surface area (Å²) in [7, 11) is 0. The fourth-order valence-electron chi connectivity index (χ4n) is 3.11. The van der Waals surface area contributed by atoms with Crippen LogP contribution in [0.5, 0.6) is 0 Å². The molecule has 2 rings (SSSR count). The third kappa shape index (κ3) is 1.34. The van der Waals surface area contributed by atoms with Gasteiger partial charge >= 0.3 is 0 Å². The molecule has 0 amide bonds. The molecule has 0 aromatic rings. The number of fused-ring (bicyclic) bond motifs is 1. The van der Waals surface area contributed by atoms with Crippen molar-refractivity contribution in [2.24, 2.45) is 17.8 Å². The third-order valence-corrected chi connectivity index (χ3v) is 3.91. The van der Waals surface area contributed by atoms with Gasteiger partial charge in [0.05, 0.1) is 0 Å². The Morgan fingerprint density at radius 1 is 1.31 bits per heavy atom. The molecule has 1 nitrogen and oxygen atoms in total. The summed E-state index contributed by atoms with van der Waals surface area (Å²) in [4.78, 5) is 10.9. The lowest BCUT2D eigenvalue weighted by atomic mass is 9.72. The fourth-order valence-corrected chi connectivity index (χ4v) is 3.11. The topological polar surface area (TPSA) is 17.1 Å². The van der Waals surface area contributed by atoms with E-state index in [4.69, 9.17) is 0 Å². The Bertz CT molecular complexity index is 252. The summed E-state index contributed by atoms with van der Waals surface area (Å²) in [5, 5.41) is 0. The van der Waals surface area contributed by atoms with Crippen LogP contribution in [0.15, 0.2) is 11.1 Å². The Morgan fingerprint density at radius 3 is 2.77 bits per heavy atom. The van der Waals surface area contributed by atoms with Gasteiger partial charge in [0, 0.05) is 5.92 Å². The lowest BCUT2D eigenvalue weighted by Gasteiger charge is -2.32. The Labute approximate surface area is 80.2 Å². The van der Waals surface area contributed by atoms with Crippen molar-refractivity contribution in [3.8, 4) is 0 Å². The van der Waals surface area contributed by atoms with Crippen molar-refractivity contribution in [2.45, 2.75) is 39.5 Å². The van der Waals surface area contributed by atoms with Gasteiger partial charge in [-0.2, -0.15) is 0 Å². The predicted octanol–water partition coefficient (Wildman–Crippen LogP) is 2.96. The number of allylic oxidation sites excluding steroid dienone is 2. The Balaban J connectivity index is 2.30. The normalized spacial score (nSPS) is 39.1. The van der Waals surface area contributed by atoms with E-state index in [0.717, 1.165) is 18.3 Å². The van der Waals surface area contributed by atoms with Gasteiger partial charge in [-0.1, -0.05) is 18.1 Å². The second kappa shape index (κ2) is 3.28. The average molecular weight is 178 g/mol.